The third-order valence-corrected chi connectivity index (χ3v) is 3.48. The topological polar surface area (TPSA) is 25.8 Å². The van der Waals surface area contributed by atoms with E-state index in [1.54, 1.807) is 11.3 Å². The average Bonchev–Trinajstić information content (AvgIpc) is 2.64. The standard InChI is InChI=1S/C11H11BrN2S/c1-3-11-13-8(6-10(12)14-11)9-5-4-7(2)15-9/h4-6H,3H2,1-2H3. The molecule has 0 saturated carbocycles. The van der Waals surface area contributed by atoms with Crippen molar-refractivity contribution in [3.05, 3.63) is 33.5 Å². The summed E-state index contributed by atoms with van der Waals surface area (Å²) in [5.41, 5.74) is 1.01. The predicted molar refractivity (Wildman–Crippen MR) is 67.2 cm³/mol. The molecular formula is C11H11BrN2S. The lowest BCUT2D eigenvalue weighted by Crippen LogP contribution is -1.94. The van der Waals surface area contributed by atoms with Gasteiger partial charge in [0.2, 0.25) is 0 Å². The van der Waals surface area contributed by atoms with E-state index in [0.29, 0.717) is 0 Å². The summed E-state index contributed by atoms with van der Waals surface area (Å²) in [6.45, 7) is 4.16. The van der Waals surface area contributed by atoms with Crippen molar-refractivity contribution in [3.8, 4) is 10.6 Å². The Morgan fingerprint density at radius 3 is 2.73 bits per heavy atom. The highest BCUT2D eigenvalue weighted by molar-refractivity contribution is 9.10. The molecule has 2 heterocycles. The van der Waals surface area contributed by atoms with Crippen LogP contribution in [0.25, 0.3) is 10.6 Å². The Kier molecular flexibility index (Phi) is 3.17. The van der Waals surface area contributed by atoms with E-state index in [2.05, 4.69) is 51.9 Å². The van der Waals surface area contributed by atoms with Crippen molar-refractivity contribution in [3.63, 3.8) is 0 Å². The Balaban J connectivity index is 2.48. The number of nitrogens with zero attached hydrogens (tertiary/aromatic N) is 2. The van der Waals surface area contributed by atoms with Gasteiger partial charge in [-0.3, -0.25) is 0 Å². The summed E-state index contributed by atoms with van der Waals surface area (Å²) in [6.07, 6.45) is 0.858. The molecule has 0 spiro atoms. The minimum Gasteiger partial charge on any atom is -0.232 e. The molecule has 0 aromatic carbocycles. The van der Waals surface area contributed by atoms with Crippen LogP contribution in [-0.2, 0) is 6.42 Å². The molecule has 4 heteroatoms. The van der Waals surface area contributed by atoms with Gasteiger partial charge in [0, 0.05) is 11.3 Å². The number of hydrogen-bond acceptors (Lipinski definition) is 3. The second-order valence-corrected chi connectivity index (χ2v) is 5.36. The predicted octanol–water partition coefficient (Wildman–Crippen LogP) is 3.84. The van der Waals surface area contributed by atoms with Crippen LogP contribution in [0.15, 0.2) is 22.8 Å². The molecule has 0 aliphatic rings. The zero-order valence-electron chi connectivity index (χ0n) is 8.62. The minimum absolute atomic E-state index is 0.857. The lowest BCUT2D eigenvalue weighted by atomic mass is 10.3. The molecule has 0 amide bonds. The lowest BCUT2D eigenvalue weighted by Gasteiger charge is -2.01. The first-order valence-electron chi connectivity index (χ1n) is 4.79. The van der Waals surface area contributed by atoms with Crippen LogP contribution < -0.4 is 0 Å². The summed E-state index contributed by atoms with van der Waals surface area (Å²) in [6, 6.07) is 6.18. The van der Waals surface area contributed by atoms with Gasteiger partial charge in [-0.1, -0.05) is 6.92 Å². The fourth-order valence-corrected chi connectivity index (χ4v) is 2.57. The van der Waals surface area contributed by atoms with Gasteiger partial charge in [0.25, 0.3) is 0 Å². The van der Waals surface area contributed by atoms with E-state index >= 15 is 0 Å². The molecule has 0 bridgehead atoms. The first-order chi connectivity index (χ1) is 7.19. The molecule has 2 aromatic rings. The minimum atomic E-state index is 0.857. The van der Waals surface area contributed by atoms with Crippen molar-refractivity contribution in [2.45, 2.75) is 20.3 Å². The van der Waals surface area contributed by atoms with Gasteiger partial charge in [-0.05, 0) is 41.1 Å². The molecule has 0 radical (unpaired) electrons. The maximum absolute atomic E-state index is 4.50. The molecule has 0 saturated heterocycles. The van der Waals surface area contributed by atoms with Crippen molar-refractivity contribution in [1.29, 1.82) is 0 Å². The quantitative estimate of drug-likeness (QED) is 0.783. The highest BCUT2D eigenvalue weighted by atomic mass is 79.9. The molecular weight excluding hydrogens is 272 g/mol. The summed E-state index contributed by atoms with van der Waals surface area (Å²) in [7, 11) is 0. The highest BCUT2D eigenvalue weighted by Crippen LogP contribution is 2.27. The second kappa shape index (κ2) is 4.41. The first kappa shape index (κ1) is 10.8. The van der Waals surface area contributed by atoms with Crippen molar-refractivity contribution in [2.75, 3.05) is 0 Å². The summed E-state index contributed by atoms with van der Waals surface area (Å²) >= 11 is 5.17. The number of aromatic nitrogens is 2. The van der Waals surface area contributed by atoms with Gasteiger partial charge in [0.05, 0.1) is 10.6 Å². The van der Waals surface area contributed by atoms with Crippen molar-refractivity contribution >= 4 is 27.3 Å². The SMILES string of the molecule is CCc1nc(Br)cc(-c2ccc(C)s2)n1. The zero-order chi connectivity index (χ0) is 10.8. The van der Waals surface area contributed by atoms with Crippen LogP contribution in [0.4, 0.5) is 0 Å². The molecule has 0 unspecified atom stereocenters. The van der Waals surface area contributed by atoms with Gasteiger partial charge in [0.15, 0.2) is 0 Å². The fraction of sp³-hybridized carbons (Fsp3) is 0.273. The van der Waals surface area contributed by atoms with Crippen LogP contribution in [0.2, 0.25) is 0 Å². The van der Waals surface area contributed by atoms with E-state index < -0.39 is 0 Å². The fourth-order valence-electron chi connectivity index (χ4n) is 1.32. The van der Waals surface area contributed by atoms with Crippen LogP contribution in [0, 0.1) is 6.92 Å². The Labute approximate surface area is 102 Å². The largest absolute Gasteiger partial charge is 0.232 e. The number of rotatable bonds is 2. The second-order valence-electron chi connectivity index (χ2n) is 3.26. The first-order valence-corrected chi connectivity index (χ1v) is 6.40. The van der Waals surface area contributed by atoms with E-state index in [9.17, 15) is 0 Å². The van der Waals surface area contributed by atoms with E-state index in [-0.39, 0.29) is 0 Å². The molecule has 0 aliphatic heterocycles. The average molecular weight is 283 g/mol. The van der Waals surface area contributed by atoms with E-state index in [1.807, 2.05) is 6.07 Å². The van der Waals surface area contributed by atoms with Crippen molar-refractivity contribution < 1.29 is 0 Å². The summed E-state index contributed by atoms with van der Waals surface area (Å²) in [5, 5.41) is 0. The highest BCUT2D eigenvalue weighted by Gasteiger charge is 2.05. The molecule has 78 valence electrons. The third-order valence-electron chi connectivity index (χ3n) is 2.05. The Morgan fingerprint density at radius 2 is 2.13 bits per heavy atom. The van der Waals surface area contributed by atoms with Crippen molar-refractivity contribution in [2.24, 2.45) is 0 Å². The van der Waals surface area contributed by atoms with Crippen LogP contribution in [0.1, 0.15) is 17.6 Å². The Morgan fingerprint density at radius 1 is 1.33 bits per heavy atom. The number of hydrogen-bond donors (Lipinski definition) is 0. The molecule has 0 atom stereocenters. The van der Waals surface area contributed by atoms with Crippen LogP contribution in [-0.4, -0.2) is 9.97 Å². The van der Waals surface area contributed by atoms with Gasteiger partial charge in [-0.25, -0.2) is 9.97 Å². The number of thiophene rings is 1. The number of aryl methyl sites for hydroxylation is 2. The smallest absolute Gasteiger partial charge is 0.130 e. The number of halogens is 1. The Bertz CT molecular complexity index is 479. The summed E-state index contributed by atoms with van der Waals surface area (Å²) < 4.78 is 0.857. The van der Waals surface area contributed by atoms with Gasteiger partial charge in [-0.2, -0.15) is 0 Å². The van der Waals surface area contributed by atoms with E-state index in [1.165, 1.54) is 9.75 Å². The van der Waals surface area contributed by atoms with Gasteiger partial charge < -0.3 is 0 Å². The van der Waals surface area contributed by atoms with Gasteiger partial charge in [0.1, 0.15) is 10.4 Å². The monoisotopic (exact) mass is 282 g/mol. The maximum atomic E-state index is 4.50. The summed E-state index contributed by atoms with van der Waals surface area (Å²) in [5.74, 6) is 0.880. The molecule has 0 fully saturated rings. The third kappa shape index (κ3) is 2.44. The molecule has 2 nitrogen and oxygen atoms in total. The summed E-state index contributed by atoms with van der Waals surface area (Å²) in [4.78, 5) is 11.3. The zero-order valence-corrected chi connectivity index (χ0v) is 11.0. The van der Waals surface area contributed by atoms with E-state index in [4.69, 9.17) is 0 Å². The van der Waals surface area contributed by atoms with Crippen molar-refractivity contribution in [1.82, 2.24) is 9.97 Å². The van der Waals surface area contributed by atoms with Gasteiger partial charge in [-0.15, -0.1) is 11.3 Å². The maximum Gasteiger partial charge on any atom is 0.130 e. The van der Waals surface area contributed by atoms with Crippen LogP contribution >= 0.6 is 27.3 Å². The molecule has 0 aliphatic carbocycles. The van der Waals surface area contributed by atoms with E-state index in [0.717, 1.165) is 22.5 Å². The molecule has 2 aromatic heterocycles. The normalized spacial score (nSPS) is 10.6. The molecule has 15 heavy (non-hydrogen) atoms. The van der Waals surface area contributed by atoms with Gasteiger partial charge >= 0.3 is 0 Å². The van der Waals surface area contributed by atoms with Crippen LogP contribution in [0.5, 0.6) is 0 Å². The van der Waals surface area contributed by atoms with Crippen LogP contribution in [0.3, 0.4) is 0 Å². The lowest BCUT2D eigenvalue weighted by molar-refractivity contribution is 0.933. The Hall–Kier alpha value is -0.740. The molecule has 2 rings (SSSR count). The molecule has 0 N–H and O–H groups in total.